The van der Waals surface area contributed by atoms with Crippen LogP contribution in [-0.2, 0) is 4.79 Å². The number of anilines is 1. The number of carbonyl (C=O) groups is 2. The highest BCUT2D eigenvalue weighted by atomic mass is 32.2. The van der Waals surface area contributed by atoms with Crippen LogP contribution in [0.4, 0.5) is 10.1 Å². The van der Waals surface area contributed by atoms with E-state index >= 15 is 0 Å². The zero-order valence-corrected chi connectivity index (χ0v) is 17.9. The van der Waals surface area contributed by atoms with Gasteiger partial charge in [-0.05, 0) is 48.6 Å². The number of rotatable bonds is 3. The fraction of sp³-hybridized carbons (Fsp3) is 0.333. The second-order valence-corrected chi connectivity index (χ2v) is 9.23. The zero-order valence-electron chi connectivity index (χ0n) is 17.1. The molecule has 6 heteroatoms. The van der Waals surface area contributed by atoms with Gasteiger partial charge in [0.15, 0.2) is 0 Å². The van der Waals surface area contributed by atoms with Gasteiger partial charge in [0.05, 0.1) is 10.6 Å². The highest BCUT2D eigenvalue weighted by Gasteiger charge is 2.29. The number of nitrogens with one attached hydrogen (secondary N) is 2. The summed E-state index contributed by atoms with van der Waals surface area (Å²) < 4.78 is 13.9. The quantitative estimate of drug-likeness (QED) is 0.643. The molecule has 0 radical (unpaired) electrons. The molecule has 2 amide bonds. The summed E-state index contributed by atoms with van der Waals surface area (Å²) in [6, 6.07) is 11.8. The van der Waals surface area contributed by atoms with Crippen LogP contribution in [0.2, 0.25) is 0 Å². The van der Waals surface area contributed by atoms with E-state index in [1.807, 2.05) is 6.07 Å². The first kappa shape index (κ1) is 20.7. The van der Waals surface area contributed by atoms with E-state index in [9.17, 15) is 14.0 Å². The molecule has 4 nitrogen and oxygen atoms in total. The molecular formula is C24H25FN2O2S. The van der Waals surface area contributed by atoms with Crippen LogP contribution >= 0.6 is 11.8 Å². The molecule has 3 unspecified atom stereocenters. The summed E-state index contributed by atoms with van der Waals surface area (Å²) in [5, 5.41) is 6.00. The molecule has 1 aliphatic heterocycles. The van der Waals surface area contributed by atoms with Gasteiger partial charge in [-0.2, -0.15) is 0 Å². The monoisotopic (exact) mass is 424 g/mol. The lowest BCUT2D eigenvalue weighted by Gasteiger charge is -2.34. The highest BCUT2D eigenvalue weighted by molar-refractivity contribution is 8.04. The molecule has 0 bridgehead atoms. The third-order valence-corrected chi connectivity index (χ3v) is 7.25. The summed E-state index contributed by atoms with van der Waals surface area (Å²) in [5.74, 6) is 0.255. The van der Waals surface area contributed by atoms with Gasteiger partial charge in [0, 0.05) is 22.1 Å². The molecule has 30 heavy (non-hydrogen) atoms. The number of hydrogen-bond donors (Lipinski definition) is 2. The van der Waals surface area contributed by atoms with Gasteiger partial charge in [0.25, 0.3) is 11.8 Å². The van der Waals surface area contributed by atoms with Crippen LogP contribution in [-0.4, -0.2) is 17.9 Å². The minimum absolute atomic E-state index is 0.115. The van der Waals surface area contributed by atoms with Gasteiger partial charge in [0.2, 0.25) is 0 Å². The van der Waals surface area contributed by atoms with E-state index in [4.69, 9.17) is 0 Å². The summed E-state index contributed by atoms with van der Waals surface area (Å²) in [7, 11) is 0. The number of thioether (sulfide) groups is 1. The first-order valence-corrected chi connectivity index (χ1v) is 11.1. The third kappa shape index (κ3) is 4.29. The van der Waals surface area contributed by atoms with Crippen molar-refractivity contribution in [2.24, 2.45) is 11.8 Å². The second-order valence-electron chi connectivity index (χ2n) is 8.14. The molecule has 0 spiro atoms. The minimum Gasteiger partial charge on any atom is -0.349 e. The van der Waals surface area contributed by atoms with E-state index in [1.165, 1.54) is 24.2 Å². The van der Waals surface area contributed by atoms with Crippen molar-refractivity contribution in [2.75, 3.05) is 5.32 Å². The number of hydrogen-bond acceptors (Lipinski definition) is 3. The molecule has 1 aliphatic carbocycles. The lowest BCUT2D eigenvalue weighted by Crippen LogP contribution is -2.43. The van der Waals surface area contributed by atoms with Crippen molar-refractivity contribution in [3.05, 3.63) is 64.3 Å². The summed E-state index contributed by atoms with van der Waals surface area (Å²) >= 11 is 1.28. The number of benzene rings is 2. The molecule has 2 N–H and O–H groups in total. The number of amides is 2. The van der Waals surface area contributed by atoms with Gasteiger partial charge in [-0.3, -0.25) is 9.59 Å². The molecule has 0 aromatic heterocycles. The minimum atomic E-state index is -0.373. The van der Waals surface area contributed by atoms with Gasteiger partial charge in [0.1, 0.15) is 5.82 Å². The van der Waals surface area contributed by atoms with Crippen molar-refractivity contribution in [3.63, 3.8) is 0 Å². The van der Waals surface area contributed by atoms with Gasteiger partial charge >= 0.3 is 0 Å². The van der Waals surface area contributed by atoms with E-state index in [2.05, 4.69) is 24.5 Å². The highest BCUT2D eigenvalue weighted by Crippen LogP contribution is 2.39. The van der Waals surface area contributed by atoms with Crippen molar-refractivity contribution in [2.45, 2.75) is 44.0 Å². The molecule has 1 saturated carbocycles. The molecule has 3 atom stereocenters. The fourth-order valence-corrected chi connectivity index (χ4v) is 4.99. The lowest BCUT2D eigenvalue weighted by molar-refractivity contribution is -0.112. The Balaban J connectivity index is 1.51. The van der Waals surface area contributed by atoms with Crippen LogP contribution in [0.25, 0.3) is 6.08 Å². The maximum absolute atomic E-state index is 13.9. The Morgan fingerprint density at radius 3 is 2.80 bits per heavy atom. The summed E-state index contributed by atoms with van der Waals surface area (Å²) in [5.41, 5.74) is 1.50. The topological polar surface area (TPSA) is 58.2 Å². The Morgan fingerprint density at radius 2 is 2.00 bits per heavy atom. The Morgan fingerprint density at radius 1 is 1.20 bits per heavy atom. The Kier molecular flexibility index (Phi) is 5.95. The smallest absolute Gasteiger partial charge is 0.262 e. The Labute approximate surface area is 180 Å². The van der Waals surface area contributed by atoms with E-state index in [0.717, 1.165) is 17.7 Å². The van der Waals surface area contributed by atoms with Crippen molar-refractivity contribution in [3.8, 4) is 0 Å². The van der Waals surface area contributed by atoms with Crippen LogP contribution < -0.4 is 10.6 Å². The van der Waals surface area contributed by atoms with Crippen molar-refractivity contribution < 1.29 is 14.0 Å². The van der Waals surface area contributed by atoms with Gasteiger partial charge in [-0.15, -0.1) is 0 Å². The maximum Gasteiger partial charge on any atom is 0.262 e. The van der Waals surface area contributed by atoms with Gasteiger partial charge in [-0.1, -0.05) is 56.7 Å². The molecule has 4 rings (SSSR count). The van der Waals surface area contributed by atoms with E-state index < -0.39 is 0 Å². The van der Waals surface area contributed by atoms with Crippen molar-refractivity contribution in [1.29, 1.82) is 0 Å². The van der Waals surface area contributed by atoms with Crippen LogP contribution in [0.5, 0.6) is 0 Å². The van der Waals surface area contributed by atoms with E-state index in [1.54, 1.807) is 36.4 Å². The number of carbonyl (C=O) groups excluding carboxylic acids is 2. The second kappa shape index (κ2) is 8.64. The predicted molar refractivity (Wildman–Crippen MR) is 119 cm³/mol. The molecular weight excluding hydrogens is 399 g/mol. The molecule has 2 aromatic rings. The maximum atomic E-state index is 13.9. The number of halogens is 1. The van der Waals surface area contributed by atoms with Gasteiger partial charge in [-0.25, -0.2) is 4.39 Å². The Hall–Kier alpha value is -2.60. The van der Waals surface area contributed by atoms with E-state index in [-0.39, 0.29) is 23.7 Å². The van der Waals surface area contributed by atoms with Crippen LogP contribution in [0.3, 0.4) is 0 Å². The van der Waals surface area contributed by atoms with E-state index in [0.29, 0.717) is 33.6 Å². The average molecular weight is 425 g/mol. The first-order chi connectivity index (χ1) is 14.4. The normalized spacial score (nSPS) is 24.8. The van der Waals surface area contributed by atoms with Gasteiger partial charge < -0.3 is 10.6 Å². The molecule has 156 valence electrons. The largest absolute Gasteiger partial charge is 0.349 e. The third-order valence-electron chi connectivity index (χ3n) is 6.15. The lowest BCUT2D eigenvalue weighted by atomic mass is 9.78. The SMILES string of the molecule is CC1CCCC(NC(=O)c2ccc3c(c2)NC(=O)/C(=C\c2ccccc2F)S3)C1C. The molecule has 2 aliphatic rings. The first-order valence-electron chi connectivity index (χ1n) is 10.3. The Bertz CT molecular complexity index is 1020. The standard InChI is InChI=1S/C24H25FN2O2S/c1-14-6-5-9-19(15(14)2)26-23(28)17-10-11-21-20(12-17)27-24(29)22(30-21)13-16-7-3-4-8-18(16)25/h3-4,7-8,10-15,19H,5-6,9H2,1-2H3,(H,26,28)(H,27,29)/b22-13+. The molecule has 2 aromatic carbocycles. The summed E-state index contributed by atoms with van der Waals surface area (Å²) in [6.07, 6.45) is 4.88. The van der Waals surface area contributed by atoms with Crippen LogP contribution in [0.1, 0.15) is 49.0 Å². The molecule has 1 heterocycles. The molecule has 1 fully saturated rings. The predicted octanol–water partition coefficient (Wildman–Crippen LogP) is 5.47. The summed E-state index contributed by atoms with van der Waals surface area (Å²) in [4.78, 5) is 26.6. The number of fused-ring (bicyclic) bond motifs is 1. The molecule has 0 saturated heterocycles. The van der Waals surface area contributed by atoms with Crippen molar-refractivity contribution in [1.82, 2.24) is 5.32 Å². The van der Waals surface area contributed by atoms with Crippen LogP contribution in [0, 0.1) is 17.7 Å². The van der Waals surface area contributed by atoms with Crippen molar-refractivity contribution >= 4 is 35.3 Å². The fourth-order valence-electron chi connectivity index (χ4n) is 4.07. The average Bonchev–Trinajstić information content (AvgIpc) is 2.73. The van der Waals surface area contributed by atoms with Crippen LogP contribution in [0.15, 0.2) is 52.3 Å². The zero-order chi connectivity index (χ0) is 21.3. The summed E-state index contributed by atoms with van der Waals surface area (Å²) in [6.45, 7) is 4.43.